The Hall–Kier alpha value is 0.870. The van der Waals surface area contributed by atoms with Gasteiger partial charge in [-0.3, -0.25) is 4.18 Å². The molecule has 0 aromatic rings. The van der Waals surface area contributed by atoms with Crippen molar-refractivity contribution < 1.29 is 17.7 Å². The fourth-order valence-corrected chi connectivity index (χ4v) is 3.12. The molecule has 0 amide bonds. The van der Waals surface area contributed by atoms with Crippen molar-refractivity contribution in [2.24, 2.45) is 0 Å². The summed E-state index contributed by atoms with van der Waals surface area (Å²) in [6, 6.07) is 0. The second-order valence-corrected chi connectivity index (χ2v) is 8.41. The van der Waals surface area contributed by atoms with E-state index in [9.17, 15) is 8.42 Å². The first-order valence-electron chi connectivity index (χ1n) is 9.57. The molecule has 1 N–H and O–H groups in total. The van der Waals surface area contributed by atoms with E-state index in [0.717, 1.165) is 19.3 Å². The van der Waals surface area contributed by atoms with Crippen LogP contribution >= 0.6 is 0 Å². The second kappa shape index (κ2) is 18.7. The molecule has 0 aromatic carbocycles. The summed E-state index contributed by atoms with van der Waals surface area (Å²) in [5.41, 5.74) is -1.44. The minimum atomic E-state index is -3.76. The summed E-state index contributed by atoms with van der Waals surface area (Å²) in [5, 5.41) is 8.98. The molecule has 0 heterocycles. The molecule has 0 saturated heterocycles. The predicted molar refractivity (Wildman–Crippen MR) is 104 cm³/mol. The van der Waals surface area contributed by atoms with Crippen LogP contribution in [0.2, 0.25) is 0 Å². The van der Waals surface area contributed by atoms with Gasteiger partial charge in [-0.25, -0.2) is 0 Å². The van der Waals surface area contributed by atoms with Crippen molar-refractivity contribution in [3.8, 4) is 0 Å². The standard InChI is InChI=1S/C18H38O4S.Na.H/c1-3-4-5-6-7-8-9-10-11-12-13-14-15-16-17-22-23(20,21)18(2)19;;/h18-19H,3-17H2,1-2H3;;. The molecule has 0 radical (unpaired) electrons. The van der Waals surface area contributed by atoms with Crippen molar-refractivity contribution in [1.82, 2.24) is 0 Å². The molecule has 1 unspecified atom stereocenters. The van der Waals surface area contributed by atoms with Gasteiger partial charge in [0.15, 0.2) is 5.44 Å². The minimum absolute atomic E-state index is 0. The van der Waals surface area contributed by atoms with Crippen LogP contribution in [0.25, 0.3) is 0 Å². The van der Waals surface area contributed by atoms with Crippen LogP contribution in [0.3, 0.4) is 0 Å². The average Bonchev–Trinajstić information content (AvgIpc) is 2.51. The molecule has 0 saturated carbocycles. The summed E-state index contributed by atoms with van der Waals surface area (Å²) in [6.07, 6.45) is 17.7. The third kappa shape index (κ3) is 17.7. The Labute approximate surface area is 172 Å². The van der Waals surface area contributed by atoms with Gasteiger partial charge in [0.1, 0.15) is 0 Å². The van der Waals surface area contributed by atoms with Gasteiger partial charge in [0, 0.05) is 0 Å². The van der Waals surface area contributed by atoms with Crippen molar-refractivity contribution in [3.05, 3.63) is 0 Å². The summed E-state index contributed by atoms with van der Waals surface area (Å²) in [7, 11) is -3.76. The van der Waals surface area contributed by atoms with E-state index >= 15 is 0 Å². The Balaban J connectivity index is 0. The zero-order valence-electron chi connectivity index (χ0n) is 15.3. The summed E-state index contributed by atoms with van der Waals surface area (Å²) in [5.74, 6) is 0. The molecule has 0 aliphatic rings. The molecule has 0 fully saturated rings. The van der Waals surface area contributed by atoms with Crippen molar-refractivity contribution in [2.75, 3.05) is 6.61 Å². The Bertz CT molecular complexity index is 345. The van der Waals surface area contributed by atoms with Crippen LogP contribution in [0.15, 0.2) is 0 Å². The molecule has 0 aliphatic carbocycles. The Morgan fingerprint density at radius 3 is 1.42 bits per heavy atom. The van der Waals surface area contributed by atoms with Crippen molar-refractivity contribution in [2.45, 2.75) is 109 Å². The van der Waals surface area contributed by atoms with Gasteiger partial charge in [-0.15, -0.1) is 0 Å². The number of rotatable bonds is 17. The topological polar surface area (TPSA) is 63.6 Å². The van der Waals surface area contributed by atoms with Gasteiger partial charge < -0.3 is 5.11 Å². The average molecular weight is 375 g/mol. The van der Waals surface area contributed by atoms with Crippen LogP contribution < -0.4 is 0 Å². The van der Waals surface area contributed by atoms with Crippen LogP contribution in [0.5, 0.6) is 0 Å². The van der Waals surface area contributed by atoms with Gasteiger partial charge >= 0.3 is 29.6 Å². The first-order valence-corrected chi connectivity index (χ1v) is 11.0. The molecule has 6 heteroatoms. The summed E-state index contributed by atoms with van der Waals surface area (Å²) >= 11 is 0. The molecule has 1 atom stereocenters. The Morgan fingerprint density at radius 2 is 1.08 bits per heavy atom. The van der Waals surface area contributed by atoms with Crippen molar-refractivity contribution in [1.29, 1.82) is 0 Å². The summed E-state index contributed by atoms with van der Waals surface area (Å²) in [6.45, 7) is 3.65. The van der Waals surface area contributed by atoms with Gasteiger partial charge in [-0.2, -0.15) is 8.42 Å². The van der Waals surface area contributed by atoms with E-state index in [0.29, 0.717) is 0 Å². The first kappa shape index (κ1) is 27.1. The van der Waals surface area contributed by atoms with Gasteiger partial charge in [0.2, 0.25) is 0 Å². The molecule has 4 nitrogen and oxygen atoms in total. The molecule has 24 heavy (non-hydrogen) atoms. The fraction of sp³-hybridized carbons (Fsp3) is 1.00. The zero-order chi connectivity index (χ0) is 17.4. The molecule has 0 spiro atoms. The van der Waals surface area contributed by atoms with E-state index in [1.54, 1.807) is 0 Å². The van der Waals surface area contributed by atoms with Crippen molar-refractivity contribution in [3.63, 3.8) is 0 Å². The van der Waals surface area contributed by atoms with Gasteiger partial charge in [-0.1, -0.05) is 90.4 Å². The van der Waals surface area contributed by atoms with Gasteiger partial charge in [-0.05, 0) is 13.3 Å². The number of aliphatic hydroxyl groups excluding tert-OH is 1. The number of hydrogen-bond acceptors (Lipinski definition) is 4. The monoisotopic (exact) mass is 374 g/mol. The fourth-order valence-electron chi connectivity index (χ4n) is 2.57. The number of aliphatic hydroxyl groups is 1. The van der Waals surface area contributed by atoms with Gasteiger partial charge in [0.05, 0.1) is 6.61 Å². The third-order valence-corrected chi connectivity index (χ3v) is 5.49. The molecule has 0 aliphatic heterocycles. The molecule has 0 bridgehead atoms. The molecule has 0 rings (SSSR count). The quantitative estimate of drug-likeness (QED) is 0.231. The van der Waals surface area contributed by atoms with Crippen LogP contribution in [0.1, 0.15) is 104 Å². The van der Waals surface area contributed by atoms with E-state index in [2.05, 4.69) is 6.92 Å². The van der Waals surface area contributed by atoms with Crippen LogP contribution in [0.4, 0.5) is 0 Å². The van der Waals surface area contributed by atoms with Crippen LogP contribution in [-0.4, -0.2) is 55.1 Å². The van der Waals surface area contributed by atoms with Gasteiger partial charge in [0.25, 0.3) is 10.1 Å². The molecular weight excluding hydrogens is 335 g/mol. The number of hydrogen-bond donors (Lipinski definition) is 1. The van der Waals surface area contributed by atoms with E-state index in [4.69, 9.17) is 9.29 Å². The third-order valence-electron chi connectivity index (χ3n) is 4.16. The van der Waals surface area contributed by atoms with E-state index in [1.165, 1.54) is 77.6 Å². The van der Waals surface area contributed by atoms with Crippen LogP contribution in [-0.2, 0) is 14.3 Å². The van der Waals surface area contributed by atoms with E-state index in [1.807, 2.05) is 0 Å². The van der Waals surface area contributed by atoms with Crippen molar-refractivity contribution >= 4 is 39.7 Å². The second-order valence-electron chi connectivity index (χ2n) is 6.51. The normalized spacial score (nSPS) is 12.8. The molecule has 142 valence electrons. The Morgan fingerprint density at radius 1 is 0.750 bits per heavy atom. The summed E-state index contributed by atoms with van der Waals surface area (Å²) < 4.78 is 27.1. The predicted octanol–water partition coefficient (Wildman–Crippen LogP) is 4.50. The number of unbranched alkanes of at least 4 members (excludes halogenated alkanes) is 13. The first-order chi connectivity index (χ1) is 11.0. The Kier molecular flexibility index (Phi) is 21.1. The van der Waals surface area contributed by atoms with Crippen LogP contribution in [0, 0.1) is 0 Å². The summed E-state index contributed by atoms with van der Waals surface area (Å²) in [4.78, 5) is 0. The SMILES string of the molecule is CCCCCCCCCCCCCCCCOS(=O)(=O)C(C)O.[NaH]. The maximum atomic E-state index is 11.2. The molecular formula is C18H39NaO4S. The maximum absolute atomic E-state index is 11.2. The van der Waals surface area contributed by atoms with E-state index < -0.39 is 15.6 Å². The zero-order valence-corrected chi connectivity index (χ0v) is 16.1. The van der Waals surface area contributed by atoms with E-state index in [-0.39, 0.29) is 36.2 Å². The molecule has 0 aromatic heterocycles.